The number of imidazole rings is 1. The van der Waals surface area contributed by atoms with Crippen molar-refractivity contribution < 1.29 is 28.2 Å². The first-order valence-corrected chi connectivity index (χ1v) is 11.2. The topological polar surface area (TPSA) is 92.9 Å². The van der Waals surface area contributed by atoms with Gasteiger partial charge in [0.05, 0.1) is 16.7 Å². The number of amides is 1. The summed E-state index contributed by atoms with van der Waals surface area (Å²) < 4.78 is 35.2. The zero-order valence-corrected chi connectivity index (χ0v) is 20.0. The third kappa shape index (κ3) is 4.77. The minimum absolute atomic E-state index is 0.178. The molecule has 2 heterocycles. The van der Waals surface area contributed by atoms with Crippen molar-refractivity contribution in [1.82, 2.24) is 14.7 Å². The Bertz CT molecular complexity index is 1440. The fraction of sp³-hybridized carbons (Fsp3) is 0.222. The summed E-state index contributed by atoms with van der Waals surface area (Å²) in [5.41, 5.74) is 1.17. The van der Waals surface area contributed by atoms with Crippen molar-refractivity contribution >= 4 is 17.5 Å². The fourth-order valence-corrected chi connectivity index (χ4v) is 3.82. The number of hydrogen-bond donors (Lipinski definition) is 2. The van der Waals surface area contributed by atoms with Crippen LogP contribution in [-0.4, -0.2) is 26.4 Å². The van der Waals surface area contributed by atoms with Crippen molar-refractivity contribution in [2.75, 3.05) is 0 Å². The molecule has 2 N–H and O–H groups in total. The number of ether oxygens (including phenoxy) is 1. The number of rotatable bonds is 8. The largest absolute Gasteiger partial charge is 0.485 e. The van der Waals surface area contributed by atoms with Crippen molar-refractivity contribution in [2.24, 2.45) is 0 Å². The van der Waals surface area contributed by atoms with Gasteiger partial charge >= 0.3 is 5.97 Å². The van der Waals surface area contributed by atoms with Crippen molar-refractivity contribution in [3.63, 3.8) is 0 Å². The van der Waals surface area contributed by atoms with E-state index in [1.165, 1.54) is 6.07 Å². The van der Waals surface area contributed by atoms with Crippen LogP contribution >= 0.6 is 0 Å². The molecule has 0 saturated carbocycles. The average Bonchev–Trinajstić information content (AvgIpc) is 3.19. The van der Waals surface area contributed by atoms with Crippen LogP contribution in [0.25, 0.3) is 5.65 Å². The number of aryl methyl sites for hydroxylation is 1. The molecular formula is C27H25F2N3O4. The SMILES string of the molecule is Cc1nc2c(OCc3c(F)cccc3F)cccn2c1C(=O)NCc1cccc(C(C)(C)C(=O)O)c1. The van der Waals surface area contributed by atoms with Crippen LogP contribution in [-0.2, 0) is 23.4 Å². The number of hydrogen-bond acceptors (Lipinski definition) is 4. The minimum Gasteiger partial charge on any atom is -0.485 e. The lowest BCUT2D eigenvalue weighted by Gasteiger charge is -2.20. The fourth-order valence-electron chi connectivity index (χ4n) is 3.82. The van der Waals surface area contributed by atoms with Crippen molar-refractivity contribution in [2.45, 2.75) is 39.3 Å². The molecule has 0 atom stereocenters. The Morgan fingerprint density at radius 3 is 2.47 bits per heavy atom. The number of carboxylic acids is 1. The van der Waals surface area contributed by atoms with Gasteiger partial charge in [-0.25, -0.2) is 13.8 Å². The van der Waals surface area contributed by atoms with Gasteiger partial charge in [0.2, 0.25) is 0 Å². The number of aliphatic carboxylic acids is 1. The monoisotopic (exact) mass is 493 g/mol. The molecule has 4 aromatic rings. The third-order valence-corrected chi connectivity index (χ3v) is 6.07. The number of nitrogens with zero attached hydrogens (tertiary/aromatic N) is 2. The van der Waals surface area contributed by atoms with Gasteiger partial charge in [-0.15, -0.1) is 0 Å². The normalized spacial score (nSPS) is 11.5. The molecule has 186 valence electrons. The Kier molecular flexibility index (Phi) is 6.74. The first-order chi connectivity index (χ1) is 17.1. The molecule has 7 nitrogen and oxygen atoms in total. The van der Waals surface area contributed by atoms with E-state index in [1.54, 1.807) is 67.8 Å². The second-order valence-corrected chi connectivity index (χ2v) is 8.91. The Morgan fingerprint density at radius 2 is 1.78 bits per heavy atom. The van der Waals surface area contributed by atoms with Gasteiger partial charge in [-0.3, -0.25) is 14.0 Å². The van der Waals surface area contributed by atoms with E-state index in [4.69, 9.17) is 4.74 Å². The zero-order valence-electron chi connectivity index (χ0n) is 20.0. The van der Waals surface area contributed by atoms with E-state index in [0.29, 0.717) is 16.9 Å². The number of benzene rings is 2. The number of pyridine rings is 1. The number of carbonyl (C=O) groups excluding carboxylic acids is 1. The molecule has 36 heavy (non-hydrogen) atoms. The molecule has 0 aliphatic rings. The van der Waals surface area contributed by atoms with Crippen LogP contribution in [0.15, 0.2) is 60.8 Å². The maximum Gasteiger partial charge on any atom is 0.313 e. The van der Waals surface area contributed by atoms with Crippen molar-refractivity contribution in [3.8, 4) is 5.75 Å². The van der Waals surface area contributed by atoms with Crippen LogP contribution < -0.4 is 10.1 Å². The molecule has 0 aliphatic carbocycles. The molecular weight excluding hydrogens is 468 g/mol. The van der Waals surface area contributed by atoms with Gasteiger partial charge in [0, 0.05) is 12.7 Å². The standard InChI is InChI=1S/C27H25F2N3O4/c1-16-23(25(33)30-14-17-7-4-8-18(13-17)27(2,3)26(34)35)32-12-6-11-22(24(32)31-16)36-15-19-20(28)9-5-10-21(19)29/h4-13H,14-15H2,1-3H3,(H,30,33)(H,34,35). The number of aromatic nitrogens is 2. The molecule has 0 saturated heterocycles. The van der Waals surface area contributed by atoms with Gasteiger partial charge < -0.3 is 15.2 Å². The van der Waals surface area contributed by atoms with E-state index in [0.717, 1.165) is 17.7 Å². The first-order valence-electron chi connectivity index (χ1n) is 11.2. The predicted octanol–water partition coefficient (Wildman–Crippen LogP) is 4.79. The second-order valence-electron chi connectivity index (χ2n) is 8.91. The Hall–Kier alpha value is -4.27. The van der Waals surface area contributed by atoms with E-state index in [1.807, 2.05) is 0 Å². The lowest BCUT2D eigenvalue weighted by atomic mass is 9.84. The maximum absolute atomic E-state index is 14.0. The Morgan fingerprint density at radius 1 is 1.08 bits per heavy atom. The van der Waals surface area contributed by atoms with Gasteiger partial charge in [0.1, 0.15) is 23.9 Å². The quantitative estimate of drug-likeness (QED) is 0.368. The predicted molar refractivity (Wildman–Crippen MR) is 129 cm³/mol. The number of carboxylic acid groups (broad SMARTS) is 1. The highest BCUT2D eigenvalue weighted by Gasteiger charge is 2.29. The molecule has 4 rings (SSSR count). The molecule has 2 aromatic carbocycles. The van der Waals surface area contributed by atoms with Gasteiger partial charge in [-0.05, 0) is 56.2 Å². The average molecular weight is 494 g/mol. The zero-order chi connectivity index (χ0) is 26.0. The summed E-state index contributed by atoms with van der Waals surface area (Å²) in [4.78, 5) is 29.1. The number of nitrogens with one attached hydrogen (secondary N) is 1. The molecule has 0 spiro atoms. The van der Waals surface area contributed by atoms with Gasteiger partial charge in [-0.2, -0.15) is 0 Å². The molecule has 0 bridgehead atoms. The van der Waals surface area contributed by atoms with Gasteiger partial charge in [0.15, 0.2) is 11.4 Å². The molecule has 1 amide bonds. The van der Waals surface area contributed by atoms with Crippen molar-refractivity contribution in [3.05, 3.63) is 101 Å². The summed E-state index contributed by atoms with van der Waals surface area (Å²) >= 11 is 0. The summed E-state index contributed by atoms with van der Waals surface area (Å²) in [5, 5.41) is 12.3. The Balaban J connectivity index is 1.54. The first kappa shape index (κ1) is 24.8. The molecule has 0 fully saturated rings. The van der Waals surface area contributed by atoms with E-state index in [9.17, 15) is 23.5 Å². The lowest BCUT2D eigenvalue weighted by Crippen LogP contribution is -2.29. The number of fused-ring (bicyclic) bond motifs is 1. The molecule has 2 aromatic heterocycles. The third-order valence-electron chi connectivity index (χ3n) is 6.07. The van der Waals surface area contributed by atoms with Crippen LogP contribution in [0.3, 0.4) is 0 Å². The number of carbonyl (C=O) groups is 2. The van der Waals surface area contributed by atoms with E-state index >= 15 is 0 Å². The minimum atomic E-state index is -1.07. The van der Waals surface area contributed by atoms with E-state index < -0.39 is 23.0 Å². The Labute approximate surface area is 206 Å². The van der Waals surface area contributed by atoms with E-state index in [-0.39, 0.29) is 36.1 Å². The second kappa shape index (κ2) is 9.77. The highest BCUT2D eigenvalue weighted by atomic mass is 19.1. The summed E-state index contributed by atoms with van der Waals surface area (Å²) in [6.07, 6.45) is 1.65. The van der Waals surface area contributed by atoms with E-state index in [2.05, 4.69) is 10.3 Å². The van der Waals surface area contributed by atoms with Crippen LogP contribution in [0.5, 0.6) is 5.75 Å². The summed E-state index contributed by atoms with van der Waals surface area (Å²) in [6.45, 7) is 4.76. The van der Waals surface area contributed by atoms with Gasteiger partial charge in [0.25, 0.3) is 5.91 Å². The van der Waals surface area contributed by atoms with Crippen LogP contribution in [0.2, 0.25) is 0 Å². The highest BCUT2D eigenvalue weighted by Crippen LogP contribution is 2.26. The molecule has 0 radical (unpaired) electrons. The summed E-state index contributed by atoms with van der Waals surface area (Å²) in [5.74, 6) is -2.48. The van der Waals surface area contributed by atoms with Crippen LogP contribution in [0.4, 0.5) is 8.78 Å². The highest BCUT2D eigenvalue weighted by molar-refractivity contribution is 5.95. The van der Waals surface area contributed by atoms with Gasteiger partial charge in [-0.1, -0.05) is 30.3 Å². The summed E-state index contributed by atoms with van der Waals surface area (Å²) in [6, 6.07) is 13.9. The van der Waals surface area contributed by atoms with Crippen molar-refractivity contribution in [1.29, 1.82) is 0 Å². The number of halogens is 2. The molecule has 0 unspecified atom stereocenters. The summed E-state index contributed by atoms with van der Waals surface area (Å²) in [7, 11) is 0. The van der Waals surface area contributed by atoms with Crippen LogP contribution in [0, 0.1) is 18.6 Å². The lowest BCUT2D eigenvalue weighted by molar-refractivity contribution is -0.142. The molecule has 0 aliphatic heterocycles. The van der Waals surface area contributed by atoms with Crippen LogP contribution in [0.1, 0.15) is 46.7 Å². The molecule has 9 heteroatoms. The maximum atomic E-state index is 14.0. The smallest absolute Gasteiger partial charge is 0.313 e.